The summed E-state index contributed by atoms with van der Waals surface area (Å²) in [7, 11) is 0. The van der Waals surface area contributed by atoms with Crippen molar-refractivity contribution >= 4 is 51.9 Å². The normalized spacial score (nSPS) is 16.2. The molecule has 1 aromatic rings. The van der Waals surface area contributed by atoms with Crippen molar-refractivity contribution < 1.29 is 24.7 Å². The Kier molecular flexibility index (Phi) is 4.96. The minimum atomic E-state index is -1.30. The zero-order valence-corrected chi connectivity index (χ0v) is 13.0. The molecule has 23 heavy (non-hydrogen) atoms. The zero-order chi connectivity index (χ0) is 17.1. The van der Waals surface area contributed by atoms with Crippen molar-refractivity contribution in [1.82, 2.24) is 4.90 Å². The number of thiocarbonyl (C=S) groups is 1. The van der Waals surface area contributed by atoms with E-state index in [2.05, 4.69) is 0 Å². The highest BCUT2D eigenvalue weighted by atomic mass is 32.2. The third kappa shape index (κ3) is 3.85. The fourth-order valence-corrected chi connectivity index (χ4v) is 3.12. The summed E-state index contributed by atoms with van der Waals surface area (Å²) >= 11 is 5.96. The third-order valence-electron chi connectivity index (χ3n) is 2.89. The molecule has 1 fully saturated rings. The minimum Gasteiger partial charge on any atom is -0.868 e. The smallest absolute Gasteiger partial charge is 0.266 e. The predicted octanol–water partition coefficient (Wildman–Crippen LogP) is 0.00960. The van der Waals surface area contributed by atoms with Crippen molar-refractivity contribution in [3.05, 3.63) is 38.8 Å². The maximum atomic E-state index is 12.2. The Morgan fingerprint density at radius 3 is 2.74 bits per heavy atom. The summed E-state index contributed by atoms with van der Waals surface area (Å²) in [6, 6.07) is 3.46. The molecule has 1 amide bonds. The first kappa shape index (κ1) is 16.9. The number of rotatable bonds is 5. The van der Waals surface area contributed by atoms with Crippen LogP contribution in [0.2, 0.25) is 0 Å². The molecule has 0 spiro atoms. The lowest BCUT2D eigenvalue weighted by atomic mass is 10.1. The number of carboxylic acid groups (broad SMARTS) is 1. The van der Waals surface area contributed by atoms with Gasteiger partial charge in [-0.3, -0.25) is 19.8 Å². The van der Waals surface area contributed by atoms with Crippen LogP contribution in [-0.4, -0.2) is 32.6 Å². The molecule has 2 rings (SSSR count). The number of carboxylic acids is 1. The molecule has 1 heterocycles. The first-order valence-corrected chi connectivity index (χ1v) is 7.42. The summed E-state index contributed by atoms with van der Waals surface area (Å²) in [5.41, 5.74) is -0.289. The van der Waals surface area contributed by atoms with E-state index in [0.717, 1.165) is 28.8 Å². The van der Waals surface area contributed by atoms with E-state index >= 15 is 0 Å². The number of aliphatic carboxylic acids is 1. The average molecular weight is 352 g/mol. The highest BCUT2D eigenvalue weighted by molar-refractivity contribution is 8.26. The molecule has 0 unspecified atom stereocenters. The van der Waals surface area contributed by atoms with Gasteiger partial charge in [-0.1, -0.05) is 36.1 Å². The van der Waals surface area contributed by atoms with Gasteiger partial charge in [0.1, 0.15) is 4.32 Å². The van der Waals surface area contributed by atoms with E-state index in [1.54, 1.807) is 0 Å². The number of hydrogen-bond donors (Lipinski definition) is 0. The molecule has 0 radical (unpaired) electrons. The summed E-state index contributed by atoms with van der Waals surface area (Å²) in [6.07, 6.45) is 1.01. The Bertz CT molecular complexity index is 746. The second kappa shape index (κ2) is 6.75. The second-order valence-electron chi connectivity index (χ2n) is 4.44. The Balaban J connectivity index is 2.25. The monoisotopic (exact) mass is 352 g/mol. The molecule has 0 aliphatic carbocycles. The van der Waals surface area contributed by atoms with Gasteiger partial charge in [0.05, 0.1) is 9.83 Å². The van der Waals surface area contributed by atoms with Crippen molar-refractivity contribution in [3.63, 3.8) is 0 Å². The van der Waals surface area contributed by atoms with Crippen molar-refractivity contribution in [3.8, 4) is 5.75 Å². The van der Waals surface area contributed by atoms with Gasteiger partial charge in [0.25, 0.3) is 11.6 Å². The van der Waals surface area contributed by atoms with Gasteiger partial charge in [-0.15, -0.1) is 0 Å². The quantitative estimate of drug-likeness (QED) is 0.314. The summed E-state index contributed by atoms with van der Waals surface area (Å²) < 4.78 is 0.192. The summed E-state index contributed by atoms with van der Waals surface area (Å²) in [5, 5.41) is 32.6. The van der Waals surface area contributed by atoms with Crippen molar-refractivity contribution in [1.29, 1.82) is 0 Å². The van der Waals surface area contributed by atoms with Crippen LogP contribution in [0.4, 0.5) is 5.69 Å². The SMILES string of the molecule is O=C([O-])CCN1C(=O)/C(=C\c2ccc([O-])c([N+](=O)[O-])c2)SC1=S. The van der Waals surface area contributed by atoms with Crippen LogP contribution in [0.15, 0.2) is 23.1 Å². The first-order valence-electron chi connectivity index (χ1n) is 6.20. The number of nitrogens with zero attached hydrogens (tertiary/aromatic N) is 2. The molecule has 120 valence electrons. The number of carbonyl (C=O) groups is 2. The molecule has 0 bridgehead atoms. The van der Waals surface area contributed by atoms with Gasteiger partial charge in [-0.25, -0.2) is 0 Å². The lowest BCUT2D eigenvalue weighted by molar-refractivity contribution is -0.398. The fourth-order valence-electron chi connectivity index (χ4n) is 1.81. The van der Waals surface area contributed by atoms with Crippen LogP contribution in [0.25, 0.3) is 6.08 Å². The molecule has 10 heteroatoms. The molecular weight excluding hydrogens is 344 g/mol. The third-order valence-corrected chi connectivity index (χ3v) is 4.27. The van der Waals surface area contributed by atoms with E-state index in [4.69, 9.17) is 12.2 Å². The van der Waals surface area contributed by atoms with Gasteiger partial charge < -0.3 is 15.0 Å². The van der Waals surface area contributed by atoms with Gasteiger partial charge >= 0.3 is 0 Å². The van der Waals surface area contributed by atoms with E-state index in [1.807, 2.05) is 0 Å². The van der Waals surface area contributed by atoms with E-state index in [9.17, 15) is 29.9 Å². The summed E-state index contributed by atoms with van der Waals surface area (Å²) in [6.45, 7) is -0.107. The molecule has 0 atom stereocenters. The molecular formula is C13H8N2O6S2-2. The highest BCUT2D eigenvalue weighted by Crippen LogP contribution is 2.33. The number of nitro groups is 1. The van der Waals surface area contributed by atoms with Crippen LogP contribution in [-0.2, 0) is 9.59 Å². The largest absolute Gasteiger partial charge is 0.868 e. The second-order valence-corrected chi connectivity index (χ2v) is 6.12. The van der Waals surface area contributed by atoms with Gasteiger partial charge in [0.15, 0.2) is 0 Å². The standard InChI is InChI=1S/C13H10N2O6S2/c16-9-2-1-7(5-8(9)15(20)21)6-10-12(19)14(13(22)23-10)4-3-11(17)18/h1-2,5-6,16H,3-4H2,(H,17,18)/p-2/b10-6+. The topological polar surface area (TPSA) is 127 Å². The number of carbonyl (C=O) groups excluding carboxylic acids is 2. The van der Waals surface area contributed by atoms with Crippen LogP contribution in [0, 0.1) is 10.1 Å². The predicted molar refractivity (Wildman–Crippen MR) is 82.0 cm³/mol. The first-order chi connectivity index (χ1) is 10.8. The van der Waals surface area contributed by atoms with Gasteiger partial charge in [-0.2, -0.15) is 0 Å². The molecule has 1 aromatic carbocycles. The summed E-state index contributed by atoms with van der Waals surface area (Å²) in [4.78, 5) is 33.9. The zero-order valence-electron chi connectivity index (χ0n) is 11.4. The number of hydrogen-bond acceptors (Lipinski definition) is 8. The Hall–Kier alpha value is -2.46. The molecule has 1 aliphatic heterocycles. The fraction of sp³-hybridized carbons (Fsp3) is 0.154. The molecule has 0 saturated carbocycles. The van der Waals surface area contributed by atoms with Crippen LogP contribution in [0.1, 0.15) is 12.0 Å². The molecule has 8 nitrogen and oxygen atoms in total. The van der Waals surface area contributed by atoms with Crippen LogP contribution in [0.3, 0.4) is 0 Å². The number of nitro benzene ring substituents is 1. The molecule has 1 aliphatic rings. The maximum absolute atomic E-state index is 12.2. The molecule has 0 N–H and O–H groups in total. The molecule has 0 aromatic heterocycles. The Labute approximate surface area is 139 Å². The van der Waals surface area contributed by atoms with Crippen LogP contribution in [0.5, 0.6) is 5.75 Å². The minimum absolute atomic E-state index is 0.107. The average Bonchev–Trinajstić information content (AvgIpc) is 2.73. The molecule has 1 saturated heterocycles. The number of amides is 1. The van der Waals surface area contributed by atoms with Crippen LogP contribution < -0.4 is 10.2 Å². The Morgan fingerprint density at radius 1 is 1.43 bits per heavy atom. The van der Waals surface area contributed by atoms with Gasteiger partial charge in [0, 0.05) is 25.0 Å². The van der Waals surface area contributed by atoms with E-state index < -0.39 is 28.2 Å². The van der Waals surface area contributed by atoms with E-state index in [0.29, 0.717) is 5.56 Å². The lowest BCUT2D eigenvalue weighted by Gasteiger charge is -2.14. The maximum Gasteiger partial charge on any atom is 0.266 e. The van der Waals surface area contributed by atoms with Gasteiger partial charge in [-0.05, 0) is 17.4 Å². The van der Waals surface area contributed by atoms with Gasteiger partial charge in [0.2, 0.25) is 0 Å². The van der Waals surface area contributed by atoms with E-state index in [-0.39, 0.29) is 22.2 Å². The van der Waals surface area contributed by atoms with Crippen molar-refractivity contribution in [2.24, 2.45) is 0 Å². The number of benzene rings is 1. The Morgan fingerprint density at radius 2 is 2.13 bits per heavy atom. The van der Waals surface area contributed by atoms with Crippen molar-refractivity contribution in [2.45, 2.75) is 6.42 Å². The van der Waals surface area contributed by atoms with Crippen molar-refractivity contribution in [2.75, 3.05) is 6.54 Å². The number of thioether (sulfide) groups is 1. The lowest BCUT2D eigenvalue weighted by Crippen LogP contribution is -2.33. The van der Waals surface area contributed by atoms with Crippen LogP contribution >= 0.6 is 24.0 Å². The highest BCUT2D eigenvalue weighted by Gasteiger charge is 2.31. The van der Waals surface area contributed by atoms with E-state index in [1.165, 1.54) is 12.1 Å². The summed E-state index contributed by atoms with van der Waals surface area (Å²) in [5.74, 6) is -2.52.